The summed E-state index contributed by atoms with van der Waals surface area (Å²) in [5.74, 6) is 0.173. The van der Waals surface area contributed by atoms with Gasteiger partial charge in [0.05, 0.1) is 17.0 Å². The first-order chi connectivity index (χ1) is 14.9. The lowest BCUT2D eigenvalue weighted by Gasteiger charge is -2.36. The summed E-state index contributed by atoms with van der Waals surface area (Å²) in [4.78, 5) is 20.4. The number of nitrogens with zero attached hydrogens (tertiary/aromatic N) is 5. The molecule has 0 aliphatic carbocycles. The molecule has 1 fully saturated rings. The molecule has 2 aromatic carbocycles. The number of anilines is 1. The molecule has 162 valence electrons. The molecule has 0 saturated carbocycles. The second-order valence-electron chi connectivity index (χ2n) is 7.01. The summed E-state index contributed by atoms with van der Waals surface area (Å²) in [6.07, 6.45) is -2.76. The third kappa shape index (κ3) is 5.19. The van der Waals surface area contributed by atoms with E-state index in [4.69, 9.17) is 0 Å². The molecular weight excluding hydrogens is 427 g/mol. The fourth-order valence-corrected chi connectivity index (χ4v) is 4.03. The van der Waals surface area contributed by atoms with Gasteiger partial charge in [0.2, 0.25) is 11.1 Å². The summed E-state index contributed by atoms with van der Waals surface area (Å²) in [7, 11) is 0. The van der Waals surface area contributed by atoms with Crippen LogP contribution in [0.4, 0.5) is 18.9 Å². The van der Waals surface area contributed by atoms with E-state index in [0.29, 0.717) is 37.0 Å². The maximum Gasteiger partial charge on any atom is 0.416 e. The van der Waals surface area contributed by atoms with Gasteiger partial charge in [0.25, 0.3) is 0 Å². The van der Waals surface area contributed by atoms with Crippen LogP contribution in [0.25, 0.3) is 5.69 Å². The van der Waals surface area contributed by atoms with Crippen LogP contribution in [0.15, 0.2) is 66.1 Å². The second-order valence-corrected chi connectivity index (χ2v) is 7.95. The topological polar surface area (TPSA) is 54.3 Å². The number of thioether (sulfide) groups is 1. The lowest BCUT2D eigenvalue weighted by Crippen LogP contribution is -2.49. The van der Waals surface area contributed by atoms with Crippen LogP contribution in [0.5, 0.6) is 0 Å². The highest BCUT2D eigenvalue weighted by molar-refractivity contribution is 7.99. The number of benzene rings is 2. The average molecular weight is 447 g/mol. The van der Waals surface area contributed by atoms with Crippen LogP contribution in [-0.2, 0) is 11.0 Å². The molecule has 0 unspecified atom stereocenters. The van der Waals surface area contributed by atoms with Crippen LogP contribution in [0, 0.1) is 0 Å². The third-order valence-electron chi connectivity index (χ3n) is 4.99. The van der Waals surface area contributed by atoms with Gasteiger partial charge in [-0.15, -0.1) is 5.10 Å². The summed E-state index contributed by atoms with van der Waals surface area (Å²) in [5.41, 5.74) is 0.744. The average Bonchev–Trinajstić information content (AvgIpc) is 3.27. The SMILES string of the molecule is O=C(CSc1ncn(-c2ccccc2)n1)N1CCN(c2cccc(C(F)(F)F)c2)CC1. The van der Waals surface area contributed by atoms with E-state index in [1.807, 2.05) is 35.2 Å². The van der Waals surface area contributed by atoms with Crippen molar-refractivity contribution in [2.24, 2.45) is 0 Å². The Balaban J connectivity index is 1.29. The molecule has 1 aromatic heterocycles. The number of rotatable bonds is 5. The van der Waals surface area contributed by atoms with Crippen LogP contribution in [0.2, 0.25) is 0 Å². The molecule has 1 aliphatic rings. The molecule has 3 aromatic rings. The lowest BCUT2D eigenvalue weighted by molar-refractivity contribution is -0.137. The van der Waals surface area contributed by atoms with Gasteiger partial charge in [0.1, 0.15) is 6.33 Å². The Morgan fingerprint density at radius 3 is 2.39 bits per heavy atom. The van der Waals surface area contributed by atoms with E-state index in [-0.39, 0.29) is 11.7 Å². The smallest absolute Gasteiger partial charge is 0.368 e. The third-order valence-corrected chi connectivity index (χ3v) is 5.82. The van der Waals surface area contributed by atoms with Crippen LogP contribution in [-0.4, -0.2) is 57.5 Å². The predicted octanol–water partition coefficient (Wildman–Crippen LogP) is 3.73. The van der Waals surface area contributed by atoms with E-state index >= 15 is 0 Å². The first-order valence-corrected chi connectivity index (χ1v) is 10.7. The highest BCUT2D eigenvalue weighted by atomic mass is 32.2. The van der Waals surface area contributed by atoms with Crippen molar-refractivity contribution in [3.05, 3.63) is 66.5 Å². The van der Waals surface area contributed by atoms with Crippen LogP contribution >= 0.6 is 11.8 Å². The molecule has 2 heterocycles. The Labute approximate surface area is 181 Å². The quantitative estimate of drug-likeness (QED) is 0.558. The molecular formula is C21H20F3N5OS. The largest absolute Gasteiger partial charge is 0.416 e. The summed E-state index contributed by atoms with van der Waals surface area (Å²) in [5, 5.41) is 4.89. The Bertz CT molecular complexity index is 1030. The van der Waals surface area contributed by atoms with E-state index in [1.54, 1.807) is 22.0 Å². The summed E-state index contributed by atoms with van der Waals surface area (Å²) < 4.78 is 40.5. The number of amides is 1. The van der Waals surface area contributed by atoms with Gasteiger partial charge in [-0.25, -0.2) is 9.67 Å². The zero-order valence-corrected chi connectivity index (χ0v) is 17.3. The van der Waals surface area contributed by atoms with Crippen LogP contribution in [0.1, 0.15) is 5.56 Å². The minimum Gasteiger partial charge on any atom is -0.368 e. The van der Waals surface area contributed by atoms with E-state index in [0.717, 1.165) is 17.8 Å². The van der Waals surface area contributed by atoms with Gasteiger partial charge in [-0.05, 0) is 30.3 Å². The maximum atomic E-state index is 12.9. The molecule has 31 heavy (non-hydrogen) atoms. The van der Waals surface area contributed by atoms with Crippen molar-refractivity contribution >= 4 is 23.4 Å². The lowest BCUT2D eigenvalue weighted by atomic mass is 10.1. The van der Waals surface area contributed by atoms with Crippen LogP contribution < -0.4 is 4.90 Å². The van der Waals surface area contributed by atoms with E-state index < -0.39 is 11.7 Å². The van der Waals surface area contributed by atoms with Gasteiger partial charge >= 0.3 is 6.18 Å². The number of hydrogen-bond acceptors (Lipinski definition) is 5. The molecule has 4 rings (SSSR count). The fraction of sp³-hybridized carbons (Fsp3) is 0.286. The Morgan fingerprint density at radius 1 is 0.968 bits per heavy atom. The summed E-state index contributed by atoms with van der Waals surface area (Å²) in [6.45, 7) is 1.89. The second kappa shape index (κ2) is 9.01. The highest BCUT2D eigenvalue weighted by Gasteiger charge is 2.31. The van der Waals surface area contributed by atoms with Gasteiger partial charge in [0.15, 0.2) is 0 Å². The zero-order chi connectivity index (χ0) is 21.8. The maximum absolute atomic E-state index is 12.9. The van der Waals surface area contributed by atoms with Crippen molar-refractivity contribution in [1.29, 1.82) is 0 Å². The molecule has 1 amide bonds. The normalized spacial score (nSPS) is 14.7. The summed E-state index contributed by atoms with van der Waals surface area (Å²) >= 11 is 1.27. The van der Waals surface area contributed by atoms with E-state index in [1.165, 1.54) is 17.8 Å². The number of carbonyl (C=O) groups excluding carboxylic acids is 1. The molecule has 1 aliphatic heterocycles. The van der Waals surface area contributed by atoms with Crippen molar-refractivity contribution in [3.63, 3.8) is 0 Å². The number of carbonyl (C=O) groups is 1. The minimum absolute atomic E-state index is 0.0373. The van der Waals surface area contributed by atoms with Crippen molar-refractivity contribution in [1.82, 2.24) is 19.7 Å². The van der Waals surface area contributed by atoms with Gasteiger partial charge in [-0.3, -0.25) is 4.79 Å². The Hall–Kier alpha value is -3.01. The van der Waals surface area contributed by atoms with E-state index in [2.05, 4.69) is 10.1 Å². The minimum atomic E-state index is -4.37. The molecule has 1 saturated heterocycles. The number of aromatic nitrogens is 3. The molecule has 0 atom stereocenters. The molecule has 0 bridgehead atoms. The highest BCUT2D eigenvalue weighted by Crippen LogP contribution is 2.32. The number of piperazine rings is 1. The Morgan fingerprint density at radius 2 is 1.68 bits per heavy atom. The molecule has 10 heteroatoms. The predicted molar refractivity (Wildman–Crippen MR) is 112 cm³/mol. The van der Waals surface area contributed by atoms with Crippen molar-refractivity contribution in [2.45, 2.75) is 11.3 Å². The number of hydrogen-bond donors (Lipinski definition) is 0. The number of halogens is 3. The van der Waals surface area contributed by atoms with Crippen LogP contribution in [0.3, 0.4) is 0 Å². The Kier molecular flexibility index (Phi) is 6.17. The first-order valence-electron chi connectivity index (χ1n) is 9.70. The van der Waals surface area contributed by atoms with Gasteiger partial charge in [-0.2, -0.15) is 13.2 Å². The van der Waals surface area contributed by atoms with E-state index in [9.17, 15) is 18.0 Å². The molecule has 6 nitrogen and oxygen atoms in total. The van der Waals surface area contributed by atoms with Gasteiger partial charge < -0.3 is 9.80 Å². The monoisotopic (exact) mass is 447 g/mol. The number of para-hydroxylation sites is 1. The van der Waals surface area contributed by atoms with Crippen molar-refractivity contribution in [2.75, 3.05) is 36.8 Å². The zero-order valence-electron chi connectivity index (χ0n) is 16.5. The molecule has 0 radical (unpaired) electrons. The molecule has 0 N–H and O–H groups in total. The van der Waals surface area contributed by atoms with Crippen molar-refractivity contribution < 1.29 is 18.0 Å². The summed E-state index contributed by atoms with van der Waals surface area (Å²) in [6, 6.07) is 14.9. The van der Waals surface area contributed by atoms with Gasteiger partial charge in [-0.1, -0.05) is 36.0 Å². The van der Waals surface area contributed by atoms with Crippen molar-refractivity contribution in [3.8, 4) is 5.69 Å². The van der Waals surface area contributed by atoms with Gasteiger partial charge in [0, 0.05) is 31.9 Å². The molecule has 0 spiro atoms. The fourth-order valence-electron chi connectivity index (χ4n) is 3.33. The standard InChI is InChI=1S/C21H20F3N5OS/c22-21(23,24)16-5-4-8-18(13-16)27-9-11-28(12-10-27)19(30)14-31-20-25-15-29(26-20)17-6-2-1-3-7-17/h1-8,13,15H,9-12,14H2. The first kappa shape index (κ1) is 21.2. The number of alkyl halides is 3.